The Morgan fingerprint density at radius 3 is 2.69 bits per heavy atom. The number of ether oxygens (including phenoxy) is 1. The lowest BCUT2D eigenvalue weighted by molar-refractivity contribution is 0.267. The number of rotatable bonds is 7. The number of hydrogen-bond donors (Lipinski definition) is 1. The van der Waals surface area contributed by atoms with Crippen molar-refractivity contribution in [2.75, 3.05) is 6.61 Å². The van der Waals surface area contributed by atoms with Crippen LogP contribution < -0.4 is 4.74 Å². The Kier molecular flexibility index (Phi) is 5.29. The van der Waals surface area contributed by atoms with Crippen molar-refractivity contribution < 1.29 is 9.84 Å². The van der Waals surface area contributed by atoms with Crippen LogP contribution in [-0.4, -0.2) is 36.5 Å². The van der Waals surface area contributed by atoms with E-state index < -0.39 is 0 Å². The minimum Gasteiger partial charge on any atom is -0.453 e. The van der Waals surface area contributed by atoms with Gasteiger partial charge in [0.2, 0.25) is 0 Å². The minimum atomic E-state index is 0.0115. The third-order valence-corrected chi connectivity index (χ3v) is 3.99. The molecule has 1 aromatic carbocycles. The van der Waals surface area contributed by atoms with Crippen molar-refractivity contribution in [1.29, 1.82) is 5.26 Å². The first-order chi connectivity index (χ1) is 12.7. The highest BCUT2D eigenvalue weighted by molar-refractivity contribution is 5.49. The Morgan fingerprint density at radius 2 is 2.08 bits per heavy atom. The van der Waals surface area contributed by atoms with Gasteiger partial charge >= 0.3 is 0 Å². The summed E-state index contributed by atoms with van der Waals surface area (Å²) in [5.74, 6) is 1.21. The summed E-state index contributed by atoms with van der Waals surface area (Å²) in [6, 6.07) is 7.35. The number of aromatic nitrogens is 5. The second-order valence-electron chi connectivity index (χ2n) is 5.65. The van der Waals surface area contributed by atoms with E-state index in [1.165, 1.54) is 0 Å². The third-order valence-electron chi connectivity index (χ3n) is 3.99. The standard InChI is InChI=1S/C18H20N6O2/c1-3-16-18(17(4-2)24(21-16)7-8-25)26-15-10-13(12-19)9-14(11-15)23-6-5-20-22-23/h5-6,9-11,25H,3-4,7-8H2,1-2H3. The van der Waals surface area contributed by atoms with Gasteiger partial charge in [-0.3, -0.25) is 4.68 Å². The van der Waals surface area contributed by atoms with Crippen LogP contribution >= 0.6 is 0 Å². The summed E-state index contributed by atoms with van der Waals surface area (Å²) in [4.78, 5) is 0. The lowest BCUT2D eigenvalue weighted by Gasteiger charge is -2.11. The smallest absolute Gasteiger partial charge is 0.171 e. The average molecular weight is 352 g/mol. The van der Waals surface area contributed by atoms with Crippen molar-refractivity contribution in [3.05, 3.63) is 47.5 Å². The topological polar surface area (TPSA) is 102 Å². The molecule has 3 aromatic rings. The fraction of sp³-hybridized carbons (Fsp3) is 0.333. The first-order valence-electron chi connectivity index (χ1n) is 8.49. The summed E-state index contributed by atoms with van der Waals surface area (Å²) >= 11 is 0. The predicted octanol–water partition coefficient (Wildman–Crippen LogP) is 2.24. The van der Waals surface area contributed by atoms with Crippen molar-refractivity contribution in [2.24, 2.45) is 0 Å². The number of aliphatic hydroxyl groups is 1. The average Bonchev–Trinajstić information content (AvgIpc) is 3.30. The summed E-state index contributed by atoms with van der Waals surface area (Å²) in [5, 5.41) is 30.9. The normalized spacial score (nSPS) is 10.7. The minimum absolute atomic E-state index is 0.0115. The number of nitriles is 1. The van der Waals surface area contributed by atoms with Gasteiger partial charge in [0.05, 0.1) is 48.6 Å². The van der Waals surface area contributed by atoms with Crippen LogP contribution in [0.2, 0.25) is 0 Å². The Labute approximate surface area is 151 Å². The molecule has 26 heavy (non-hydrogen) atoms. The maximum Gasteiger partial charge on any atom is 0.171 e. The van der Waals surface area contributed by atoms with Gasteiger partial charge in [-0.1, -0.05) is 19.1 Å². The third kappa shape index (κ3) is 3.43. The van der Waals surface area contributed by atoms with Crippen LogP contribution in [-0.2, 0) is 19.4 Å². The molecule has 134 valence electrons. The molecule has 0 radical (unpaired) electrons. The maximum atomic E-state index is 9.33. The van der Waals surface area contributed by atoms with Crippen LogP contribution in [0.5, 0.6) is 11.5 Å². The summed E-state index contributed by atoms with van der Waals surface area (Å²) in [5.41, 5.74) is 2.89. The number of hydrogen-bond acceptors (Lipinski definition) is 6. The quantitative estimate of drug-likeness (QED) is 0.700. The van der Waals surface area contributed by atoms with Gasteiger partial charge in [-0.15, -0.1) is 5.10 Å². The highest BCUT2D eigenvalue weighted by atomic mass is 16.5. The molecule has 2 aromatic heterocycles. The monoisotopic (exact) mass is 352 g/mol. The summed E-state index contributed by atoms with van der Waals surface area (Å²) in [7, 11) is 0. The highest BCUT2D eigenvalue weighted by Gasteiger charge is 2.18. The van der Waals surface area contributed by atoms with Crippen molar-refractivity contribution in [1.82, 2.24) is 24.8 Å². The second-order valence-corrected chi connectivity index (χ2v) is 5.65. The Balaban J connectivity index is 2.04. The molecule has 0 saturated carbocycles. The van der Waals surface area contributed by atoms with Crippen LogP contribution in [0.3, 0.4) is 0 Å². The zero-order valence-electron chi connectivity index (χ0n) is 14.8. The first kappa shape index (κ1) is 17.6. The van der Waals surface area contributed by atoms with Crippen LogP contribution in [0.15, 0.2) is 30.6 Å². The predicted molar refractivity (Wildman–Crippen MR) is 94.2 cm³/mol. The molecule has 8 nitrogen and oxygen atoms in total. The molecule has 0 aliphatic rings. The van der Waals surface area contributed by atoms with E-state index >= 15 is 0 Å². The molecule has 0 fully saturated rings. The molecule has 8 heteroatoms. The summed E-state index contributed by atoms with van der Waals surface area (Å²) in [6.45, 7) is 4.45. The molecule has 0 aliphatic carbocycles. The molecule has 0 atom stereocenters. The summed E-state index contributed by atoms with van der Waals surface area (Å²) < 4.78 is 9.51. The van der Waals surface area contributed by atoms with Crippen LogP contribution in [0.1, 0.15) is 30.8 Å². The SMILES string of the molecule is CCc1nn(CCO)c(CC)c1Oc1cc(C#N)cc(-n2ccnn2)c1. The van der Waals surface area contributed by atoms with Gasteiger partial charge in [0.25, 0.3) is 0 Å². The first-order valence-corrected chi connectivity index (χ1v) is 8.49. The van der Waals surface area contributed by atoms with Gasteiger partial charge in [0.1, 0.15) is 11.4 Å². The van der Waals surface area contributed by atoms with E-state index in [0.29, 0.717) is 35.7 Å². The van der Waals surface area contributed by atoms with E-state index in [1.807, 2.05) is 13.8 Å². The molecule has 0 amide bonds. The van der Waals surface area contributed by atoms with Crippen LogP contribution in [0, 0.1) is 11.3 Å². The Bertz CT molecular complexity index is 924. The van der Waals surface area contributed by atoms with Gasteiger partial charge in [-0.05, 0) is 25.0 Å². The molecule has 0 saturated heterocycles. The second kappa shape index (κ2) is 7.80. The van der Waals surface area contributed by atoms with Gasteiger partial charge in [0.15, 0.2) is 5.75 Å². The van der Waals surface area contributed by atoms with E-state index in [-0.39, 0.29) is 6.61 Å². The Morgan fingerprint density at radius 1 is 1.23 bits per heavy atom. The molecular formula is C18H20N6O2. The fourth-order valence-corrected chi connectivity index (χ4v) is 2.81. The molecule has 0 spiro atoms. The molecule has 0 unspecified atom stereocenters. The zero-order valence-corrected chi connectivity index (χ0v) is 14.8. The van der Waals surface area contributed by atoms with Gasteiger partial charge in [-0.25, -0.2) is 4.68 Å². The molecule has 0 bridgehead atoms. The number of nitrogens with zero attached hydrogens (tertiary/aromatic N) is 6. The van der Waals surface area contributed by atoms with Crippen molar-refractivity contribution >= 4 is 0 Å². The lowest BCUT2D eigenvalue weighted by Crippen LogP contribution is -2.08. The number of aliphatic hydroxyl groups excluding tert-OH is 1. The molecule has 1 N–H and O–H groups in total. The highest BCUT2D eigenvalue weighted by Crippen LogP contribution is 2.32. The van der Waals surface area contributed by atoms with Crippen molar-refractivity contribution in [3.8, 4) is 23.3 Å². The van der Waals surface area contributed by atoms with E-state index in [0.717, 1.165) is 17.8 Å². The van der Waals surface area contributed by atoms with Crippen molar-refractivity contribution in [2.45, 2.75) is 33.2 Å². The van der Waals surface area contributed by atoms with E-state index in [9.17, 15) is 10.4 Å². The summed E-state index contributed by atoms with van der Waals surface area (Å²) in [6.07, 6.45) is 4.70. The van der Waals surface area contributed by atoms with Crippen molar-refractivity contribution in [3.63, 3.8) is 0 Å². The molecule has 3 rings (SSSR count). The van der Waals surface area contributed by atoms with Gasteiger partial charge in [0, 0.05) is 6.07 Å². The van der Waals surface area contributed by atoms with Crippen LogP contribution in [0.25, 0.3) is 5.69 Å². The molecule has 0 aliphatic heterocycles. The van der Waals surface area contributed by atoms with E-state index in [1.54, 1.807) is 40.0 Å². The van der Waals surface area contributed by atoms with E-state index in [2.05, 4.69) is 21.5 Å². The maximum absolute atomic E-state index is 9.33. The number of aryl methyl sites for hydroxylation is 1. The van der Waals surface area contributed by atoms with E-state index in [4.69, 9.17) is 4.74 Å². The molecular weight excluding hydrogens is 332 g/mol. The number of benzene rings is 1. The fourth-order valence-electron chi connectivity index (χ4n) is 2.81. The lowest BCUT2D eigenvalue weighted by atomic mass is 10.2. The Hall–Kier alpha value is -3.18. The van der Waals surface area contributed by atoms with Crippen LogP contribution in [0.4, 0.5) is 0 Å². The van der Waals surface area contributed by atoms with Gasteiger partial charge < -0.3 is 9.84 Å². The van der Waals surface area contributed by atoms with Gasteiger partial charge in [-0.2, -0.15) is 10.4 Å². The zero-order chi connectivity index (χ0) is 18.5. The molecule has 2 heterocycles. The largest absolute Gasteiger partial charge is 0.453 e.